The van der Waals surface area contributed by atoms with Gasteiger partial charge in [0, 0.05) is 29.9 Å². The van der Waals surface area contributed by atoms with Gasteiger partial charge in [-0.05, 0) is 66.5 Å². The lowest BCUT2D eigenvalue weighted by molar-refractivity contribution is -0.157. The highest BCUT2D eigenvalue weighted by atomic mass is 35.5. The minimum atomic E-state index is -1.12. The molecule has 4 rings (SSSR count). The van der Waals surface area contributed by atoms with Crippen LogP contribution in [0.15, 0.2) is 24.3 Å². The van der Waals surface area contributed by atoms with E-state index in [1.54, 1.807) is 17.0 Å². The third-order valence-electron chi connectivity index (χ3n) is 9.49. The highest BCUT2D eigenvalue weighted by molar-refractivity contribution is 6.30. The van der Waals surface area contributed by atoms with Crippen molar-refractivity contribution in [3.63, 3.8) is 0 Å². The molecule has 2 aliphatic carbocycles. The molecule has 2 amide bonds. The summed E-state index contributed by atoms with van der Waals surface area (Å²) in [6.45, 7) is 8.45. The van der Waals surface area contributed by atoms with Crippen LogP contribution in [0, 0.1) is 28.6 Å². The molecule has 1 heterocycles. The smallest absolute Gasteiger partial charge is 0.303 e. The molecule has 2 bridgehead atoms. The van der Waals surface area contributed by atoms with Crippen molar-refractivity contribution < 1.29 is 24.6 Å². The number of halogens is 1. The summed E-state index contributed by atoms with van der Waals surface area (Å²) in [6.07, 6.45) is 5.43. The van der Waals surface area contributed by atoms with E-state index in [1.807, 2.05) is 39.8 Å². The molecule has 2 unspecified atom stereocenters. The lowest BCUT2D eigenvalue weighted by Gasteiger charge is -2.51. The summed E-state index contributed by atoms with van der Waals surface area (Å²) in [6, 6.07) is 6.50. The first kappa shape index (κ1) is 28.9. The summed E-state index contributed by atoms with van der Waals surface area (Å²) in [5.41, 5.74) is -1.51. The molecule has 1 aromatic rings. The molecule has 1 aliphatic heterocycles. The number of hydrogen-bond acceptors (Lipinski definition) is 4. The largest absolute Gasteiger partial charge is 0.481 e. The first-order valence-electron chi connectivity index (χ1n) is 14.0. The minimum Gasteiger partial charge on any atom is -0.481 e. The lowest BCUT2D eigenvalue weighted by Crippen LogP contribution is -2.60. The normalized spacial score (nSPS) is 31.2. The average Bonchev–Trinajstić information content (AvgIpc) is 3.17. The van der Waals surface area contributed by atoms with E-state index in [4.69, 9.17) is 11.6 Å². The van der Waals surface area contributed by atoms with Crippen LogP contribution in [0.2, 0.25) is 5.02 Å². The average molecular weight is 547 g/mol. The number of benzene rings is 1. The molecule has 4 atom stereocenters. The molecule has 1 aromatic carbocycles. The quantitative estimate of drug-likeness (QED) is 0.426. The second kappa shape index (κ2) is 10.8. The summed E-state index contributed by atoms with van der Waals surface area (Å²) >= 11 is 6.05. The van der Waals surface area contributed by atoms with Crippen molar-refractivity contribution in [3.8, 4) is 0 Å². The third kappa shape index (κ3) is 5.89. The second-order valence-corrected chi connectivity index (χ2v) is 13.7. The zero-order valence-electron chi connectivity index (χ0n) is 23.1. The van der Waals surface area contributed by atoms with E-state index in [0.717, 1.165) is 37.7 Å². The summed E-state index contributed by atoms with van der Waals surface area (Å²) < 4.78 is 0. The van der Waals surface area contributed by atoms with Crippen LogP contribution in [0.1, 0.15) is 84.6 Å². The third-order valence-corrected chi connectivity index (χ3v) is 9.74. The van der Waals surface area contributed by atoms with Gasteiger partial charge < -0.3 is 20.4 Å². The van der Waals surface area contributed by atoms with E-state index in [9.17, 15) is 24.6 Å². The number of aliphatic hydroxyl groups is 1. The van der Waals surface area contributed by atoms with Crippen LogP contribution in [0.5, 0.6) is 0 Å². The number of piperidine rings is 1. The summed E-state index contributed by atoms with van der Waals surface area (Å²) in [5, 5.41) is 24.9. The topological polar surface area (TPSA) is 107 Å². The van der Waals surface area contributed by atoms with Gasteiger partial charge >= 0.3 is 5.97 Å². The molecule has 0 radical (unpaired) electrons. The Kier molecular flexibility index (Phi) is 8.21. The molecular formula is C30H43ClN2O5. The van der Waals surface area contributed by atoms with Crippen LogP contribution in [-0.4, -0.2) is 52.0 Å². The number of fused-ring (bicyclic) bond motifs is 2. The molecule has 3 fully saturated rings. The van der Waals surface area contributed by atoms with Crippen molar-refractivity contribution in [3.05, 3.63) is 34.9 Å². The van der Waals surface area contributed by atoms with Gasteiger partial charge in [0.1, 0.15) is 6.04 Å². The van der Waals surface area contributed by atoms with Crippen LogP contribution >= 0.6 is 11.6 Å². The maximum Gasteiger partial charge on any atom is 0.303 e. The number of carbonyl (C=O) groups excluding carboxylic acids is 2. The Hall–Kier alpha value is -2.12. The number of carboxylic acids is 1. The van der Waals surface area contributed by atoms with E-state index in [-0.39, 0.29) is 30.6 Å². The Morgan fingerprint density at radius 2 is 1.68 bits per heavy atom. The number of amides is 2. The summed E-state index contributed by atoms with van der Waals surface area (Å²) in [5.74, 6) is -0.398. The fourth-order valence-corrected chi connectivity index (χ4v) is 7.70. The molecule has 0 spiro atoms. The zero-order chi connectivity index (χ0) is 27.9. The van der Waals surface area contributed by atoms with E-state index < -0.39 is 28.4 Å². The fourth-order valence-electron chi connectivity index (χ4n) is 7.58. The van der Waals surface area contributed by atoms with E-state index >= 15 is 0 Å². The second-order valence-electron chi connectivity index (χ2n) is 13.3. The van der Waals surface area contributed by atoms with E-state index in [2.05, 4.69) is 5.32 Å². The molecule has 0 aromatic heterocycles. The maximum atomic E-state index is 13.7. The van der Waals surface area contributed by atoms with Crippen molar-refractivity contribution in [1.82, 2.24) is 10.2 Å². The van der Waals surface area contributed by atoms with Crippen LogP contribution in [0.4, 0.5) is 0 Å². The first-order chi connectivity index (χ1) is 17.7. The number of carbonyl (C=O) groups is 3. The number of nitrogens with one attached hydrogen (secondary N) is 1. The first-order valence-corrected chi connectivity index (χ1v) is 14.4. The highest BCUT2D eigenvalue weighted by Crippen LogP contribution is 2.54. The molecule has 3 N–H and O–H groups in total. The van der Waals surface area contributed by atoms with Gasteiger partial charge in [0.05, 0.1) is 12.0 Å². The van der Waals surface area contributed by atoms with Crippen LogP contribution in [0.3, 0.4) is 0 Å². The maximum absolute atomic E-state index is 13.7. The monoisotopic (exact) mass is 546 g/mol. The predicted molar refractivity (Wildman–Crippen MR) is 146 cm³/mol. The summed E-state index contributed by atoms with van der Waals surface area (Å²) in [4.78, 5) is 40.6. The molecule has 210 valence electrons. The van der Waals surface area contributed by atoms with Crippen LogP contribution < -0.4 is 5.32 Å². The van der Waals surface area contributed by atoms with Gasteiger partial charge in [0.15, 0.2) is 0 Å². The molecule has 1 saturated heterocycles. The lowest BCUT2D eigenvalue weighted by atomic mass is 9.65. The predicted octanol–water partition coefficient (Wildman–Crippen LogP) is 4.99. The van der Waals surface area contributed by atoms with Gasteiger partial charge in [-0.1, -0.05) is 64.3 Å². The van der Waals surface area contributed by atoms with Gasteiger partial charge in [-0.25, -0.2) is 0 Å². The summed E-state index contributed by atoms with van der Waals surface area (Å²) in [7, 11) is 0. The van der Waals surface area contributed by atoms with Gasteiger partial charge in [0.2, 0.25) is 11.8 Å². The van der Waals surface area contributed by atoms with Gasteiger partial charge in [-0.2, -0.15) is 0 Å². The number of nitrogens with zero attached hydrogens (tertiary/aromatic N) is 1. The number of rotatable bonds is 8. The van der Waals surface area contributed by atoms with Crippen molar-refractivity contribution in [2.45, 2.75) is 90.7 Å². The van der Waals surface area contributed by atoms with Crippen LogP contribution in [-0.2, 0) is 20.0 Å². The molecule has 38 heavy (non-hydrogen) atoms. The fraction of sp³-hybridized carbons (Fsp3) is 0.700. The molecule has 2 saturated carbocycles. The van der Waals surface area contributed by atoms with Crippen molar-refractivity contribution >= 4 is 29.4 Å². The Morgan fingerprint density at radius 1 is 1.08 bits per heavy atom. The number of aliphatic carboxylic acids is 1. The van der Waals surface area contributed by atoms with Crippen LogP contribution in [0.25, 0.3) is 0 Å². The van der Waals surface area contributed by atoms with Gasteiger partial charge in [0.25, 0.3) is 0 Å². The molecule has 3 aliphatic rings. The molecular weight excluding hydrogens is 504 g/mol. The highest BCUT2D eigenvalue weighted by Gasteiger charge is 2.51. The Balaban J connectivity index is 1.45. The SMILES string of the molecule is CC(C)[C@@H](NC(=O)CC1(CC(=O)O)CC2CCC(C2)C1)C(=O)N1CC[C@](O)(c2ccc(Cl)cc2)C(C)(C)C1. The molecule has 7 nitrogen and oxygen atoms in total. The van der Waals surface area contributed by atoms with Gasteiger partial charge in [-0.3, -0.25) is 14.4 Å². The Morgan fingerprint density at radius 3 is 2.21 bits per heavy atom. The minimum absolute atomic E-state index is 0.00267. The van der Waals surface area contributed by atoms with E-state index in [1.165, 1.54) is 0 Å². The van der Waals surface area contributed by atoms with Crippen molar-refractivity contribution in [2.24, 2.45) is 28.6 Å². The van der Waals surface area contributed by atoms with E-state index in [0.29, 0.717) is 36.4 Å². The number of hydrogen-bond donors (Lipinski definition) is 3. The Labute approximate surface area is 231 Å². The standard InChI is InChI=1S/C30H43ClN2O5/c1-19(2)26(32-24(34)16-29(17-25(35)36)14-20-5-6-21(13-20)15-29)27(37)33-12-11-30(38,28(3,4)18-33)22-7-9-23(31)10-8-22/h7-10,19-21,26,38H,5-6,11-18H2,1-4H3,(H,32,34)(H,35,36)/t20?,21?,26-,29?,30+/m1/s1. The Bertz CT molecular complexity index is 1040. The van der Waals surface area contributed by atoms with Crippen molar-refractivity contribution in [2.75, 3.05) is 13.1 Å². The van der Waals surface area contributed by atoms with Crippen molar-refractivity contribution in [1.29, 1.82) is 0 Å². The van der Waals surface area contributed by atoms with Gasteiger partial charge in [-0.15, -0.1) is 0 Å². The number of carboxylic acid groups (broad SMARTS) is 1. The zero-order valence-corrected chi connectivity index (χ0v) is 23.9. The number of likely N-dealkylation sites (tertiary alicyclic amines) is 1. The molecule has 8 heteroatoms.